The lowest BCUT2D eigenvalue weighted by molar-refractivity contribution is -0.0275. The van der Waals surface area contributed by atoms with Crippen molar-refractivity contribution >= 4 is 0 Å². The zero-order valence-electron chi connectivity index (χ0n) is 20.7. The number of benzene rings is 3. The van der Waals surface area contributed by atoms with Crippen molar-refractivity contribution < 1.29 is 4.74 Å². The van der Waals surface area contributed by atoms with Crippen LogP contribution in [0.15, 0.2) is 79.0 Å². The van der Waals surface area contributed by atoms with E-state index in [1.165, 1.54) is 27.8 Å². The average molecular weight is 464 g/mol. The SMILES string of the molecule is Cc1ccccc1-c1cccc2c1CCn1cc(-c3ccccc3)nc1C2OC1CCN(C)CC1. The molecule has 2 aliphatic heterocycles. The zero-order chi connectivity index (χ0) is 23.8. The fraction of sp³-hybridized carbons (Fsp3) is 0.323. The van der Waals surface area contributed by atoms with Crippen molar-refractivity contribution in [2.24, 2.45) is 0 Å². The second-order valence-corrected chi connectivity index (χ2v) is 10.0. The molecular weight excluding hydrogens is 430 g/mol. The highest BCUT2D eigenvalue weighted by atomic mass is 16.5. The number of ether oxygens (including phenoxy) is 1. The number of likely N-dealkylation sites (tertiary alicyclic amines) is 1. The van der Waals surface area contributed by atoms with Gasteiger partial charge in [-0.1, -0.05) is 72.8 Å². The Morgan fingerprint density at radius 1 is 0.829 bits per heavy atom. The molecule has 0 saturated carbocycles. The van der Waals surface area contributed by atoms with Crippen LogP contribution in [0.4, 0.5) is 0 Å². The Kier molecular flexibility index (Phi) is 6.01. The first-order chi connectivity index (χ1) is 17.2. The fourth-order valence-electron chi connectivity index (χ4n) is 5.64. The van der Waals surface area contributed by atoms with Gasteiger partial charge in [-0.15, -0.1) is 0 Å². The van der Waals surface area contributed by atoms with Gasteiger partial charge in [-0.05, 0) is 61.1 Å². The van der Waals surface area contributed by atoms with Gasteiger partial charge in [0.1, 0.15) is 11.9 Å². The Labute approximate surface area is 208 Å². The minimum atomic E-state index is -0.165. The fourth-order valence-corrected chi connectivity index (χ4v) is 5.64. The summed E-state index contributed by atoms with van der Waals surface area (Å²) in [7, 11) is 2.20. The molecule has 4 aromatic rings. The molecule has 4 heteroatoms. The maximum Gasteiger partial charge on any atom is 0.143 e. The highest BCUT2D eigenvalue weighted by Gasteiger charge is 2.32. The number of aryl methyl sites for hydroxylation is 2. The molecule has 1 saturated heterocycles. The second kappa shape index (κ2) is 9.44. The summed E-state index contributed by atoms with van der Waals surface area (Å²) in [5, 5.41) is 0. The van der Waals surface area contributed by atoms with Crippen molar-refractivity contribution in [2.75, 3.05) is 20.1 Å². The summed E-state index contributed by atoms with van der Waals surface area (Å²) in [6, 6.07) is 25.9. The van der Waals surface area contributed by atoms with E-state index in [9.17, 15) is 0 Å². The standard InChI is InChI=1S/C31H33N3O/c1-22-9-6-7-12-25(22)26-13-8-14-28-27(26)17-20-34-21-29(23-10-4-3-5-11-23)32-31(34)30(28)35-24-15-18-33(2)19-16-24/h3-14,21,24,30H,15-20H2,1-2H3. The number of nitrogens with zero attached hydrogens (tertiary/aromatic N) is 3. The van der Waals surface area contributed by atoms with Gasteiger partial charge < -0.3 is 14.2 Å². The Morgan fingerprint density at radius 2 is 1.57 bits per heavy atom. The average Bonchev–Trinajstić information content (AvgIpc) is 3.26. The van der Waals surface area contributed by atoms with Gasteiger partial charge in [-0.3, -0.25) is 0 Å². The molecule has 0 bridgehead atoms. The molecule has 1 fully saturated rings. The molecule has 1 atom stereocenters. The molecule has 0 amide bonds. The van der Waals surface area contributed by atoms with E-state index < -0.39 is 0 Å². The van der Waals surface area contributed by atoms with E-state index in [2.05, 4.69) is 102 Å². The van der Waals surface area contributed by atoms with E-state index in [0.29, 0.717) is 0 Å². The molecule has 3 heterocycles. The number of aromatic nitrogens is 2. The van der Waals surface area contributed by atoms with Gasteiger partial charge in [-0.25, -0.2) is 4.98 Å². The molecule has 2 aliphatic rings. The first kappa shape index (κ1) is 22.3. The van der Waals surface area contributed by atoms with Gasteiger partial charge in [0, 0.05) is 31.4 Å². The largest absolute Gasteiger partial charge is 0.362 e. The molecule has 6 rings (SSSR count). The normalized spacial score (nSPS) is 18.6. The Morgan fingerprint density at radius 3 is 2.37 bits per heavy atom. The predicted molar refractivity (Wildman–Crippen MR) is 141 cm³/mol. The molecule has 3 aromatic carbocycles. The first-order valence-corrected chi connectivity index (χ1v) is 12.8. The molecule has 0 N–H and O–H groups in total. The lowest BCUT2D eigenvalue weighted by atomic mass is 9.89. The van der Waals surface area contributed by atoms with E-state index in [1.807, 2.05) is 0 Å². The van der Waals surface area contributed by atoms with Gasteiger partial charge in [0.2, 0.25) is 0 Å². The number of rotatable bonds is 4. The number of piperidine rings is 1. The van der Waals surface area contributed by atoms with Crippen LogP contribution in [-0.2, 0) is 17.7 Å². The number of hydrogen-bond acceptors (Lipinski definition) is 3. The molecule has 1 unspecified atom stereocenters. The van der Waals surface area contributed by atoms with Crippen LogP contribution in [0.1, 0.15) is 41.5 Å². The van der Waals surface area contributed by atoms with E-state index >= 15 is 0 Å². The molecule has 0 radical (unpaired) electrons. The van der Waals surface area contributed by atoms with Gasteiger partial charge >= 0.3 is 0 Å². The Bertz CT molecular complexity index is 1320. The predicted octanol–water partition coefficient (Wildman–Crippen LogP) is 6.28. The van der Waals surface area contributed by atoms with Crippen LogP contribution in [0.5, 0.6) is 0 Å². The van der Waals surface area contributed by atoms with E-state index in [4.69, 9.17) is 9.72 Å². The molecule has 4 nitrogen and oxygen atoms in total. The van der Waals surface area contributed by atoms with E-state index in [1.54, 1.807) is 0 Å². The van der Waals surface area contributed by atoms with Crippen LogP contribution in [0.2, 0.25) is 0 Å². The third-order valence-corrected chi connectivity index (χ3v) is 7.64. The highest BCUT2D eigenvalue weighted by Crippen LogP contribution is 2.40. The second-order valence-electron chi connectivity index (χ2n) is 10.0. The summed E-state index contributed by atoms with van der Waals surface area (Å²) in [4.78, 5) is 7.58. The molecular formula is C31H33N3O. The maximum absolute atomic E-state index is 6.97. The Hall–Kier alpha value is -3.21. The number of imidazole rings is 1. The smallest absolute Gasteiger partial charge is 0.143 e. The highest BCUT2D eigenvalue weighted by molar-refractivity contribution is 5.72. The summed E-state index contributed by atoms with van der Waals surface area (Å²) < 4.78 is 9.31. The van der Waals surface area contributed by atoms with Crippen LogP contribution < -0.4 is 0 Å². The zero-order valence-corrected chi connectivity index (χ0v) is 20.7. The summed E-state index contributed by atoms with van der Waals surface area (Å²) >= 11 is 0. The quantitative estimate of drug-likeness (QED) is 0.357. The van der Waals surface area contributed by atoms with Gasteiger partial charge in [-0.2, -0.15) is 0 Å². The lowest BCUT2D eigenvalue weighted by Crippen LogP contribution is -2.35. The molecule has 178 valence electrons. The summed E-state index contributed by atoms with van der Waals surface area (Å²) in [5.74, 6) is 1.03. The van der Waals surface area contributed by atoms with Crippen molar-refractivity contribution in [1.82, 2.24) is 14.5 Å². The molecule has 1 aromatic heterocycles. The van der Waals surface area contributed by atoms with Crippen molar-refractivity contribution in [2.45, 2.75) is 44.9 Å². The topological polar surface area (TPSA) is 30.3 Å². The van der Waals surface area contributed by atoms with E-state index in [0.717, 1.165) is 56.0 Å². The molecule has 0 aliphatic carbocycles. The van der Waals surface area contributed by atoms with Crippen molar-refractivity contribution in [1.29, 1.82) is 0 Å². The molecule has 35 heavy (non-hydrogen) atoms. The third kappa shape index (κ3) is 4.33. The number of fused-ring (bicyclic) bond motifs is 2. The maximum atomic E-state index is 6.97. The monoisotopic (exact) mass is 463 g/mol. The minimum Gasteiger partial charge on any atom is -0.362 e. The Balaban J connectivity index is 1.46. The van der Waals surface area contributed by atoms with Crippen molar-refractivity contribution in [3.05, 3.63) is 102 Å². The lowest BCUT2D eigenvalue weighted by Gasteiger charge is -2.32. The first-order valence-electron chi connectivity index (χ1n) is 12.8. The van der Waals surface area contributed by atoms with Crippen LogP contribution in [-0.4, -0.2) is 40.7 Å². The van der Waals surface area contributed by atoms with Crippen LogP contribution in [0.25, 0.3) is 22.4 Å². The van der Waals surface area contributed by atoms with Crippen molar-refractivity contribution in [3.8, 4) is 22.4 Å². The minimum absolute atomic E-state index is 0.165. The van der Waals surface area contributed by atoms with Crippen LogP contribution in [0.3, 0.4) is 0 Å². The van der Waals surface area contributed by atoms with Crippen LogP contribution in [0, 0.1) is 6.92 Å². The van der Waals surface area contributed by atoms with Crippen molar-refractivity contribution in [3.63, 3.8) is 0 Å². The number of hydrogen-bond donors (Lipinski definition) is 0. The summed E-state index contributed by atoms with van der Waals surface area (Å²) in [5.41, 5.74) is 8.79. The van der Waals surface area contributed by atoms with Gasteiger partial charge in [0.05, 0.1) is 11.8 Å². The van der Waals surface area contributed by atoms with Gasteiger partial charge in [0.25, 0.3) is 0 Å². The summed E-state index contributed by atoms with van der Waals surface area (Å²) in [6.07, 6.45) is 5.38. The van der Waals surface area contributed by atoms with Gasteiger partial charge in [0.15, 0.2) is 0 Å². The summed E-state index contributed by atoms with van der Waals surface area (Å²) in [6.45, 7) is 5.27. The molecule has 0 spiro atoms. The van der Waals surface area contributed by atoms with E-state index in [-0.39, 0.29) is 12.2 Å². The third-order valence-electron chi connectivity index (χ3n) is 7.64. The van der Waals surface area contributed by atoms with Crippen LogP contribution >= 0.6 is 0 Å².